The van der Waals surface area contributed by atoms with E-state index in [2.05, 4.69) is 10.9 Å². The van der Waals surface area contributed by atoms with Crippen molar-refractivity contribution in [3.8, 4) is 12.3 Å². The number of aliphatic hydroxyl groups is 1. The summed E-state index contributed by atoms with van der Waals surface area (Å²) in [6.45, 7) is 1.85. The molecule has 0 aliphatic heterocycles. The molecule has 2 heteroatoms. The molecule has 1 heterocycles. The zero-order chi connectivity index (χ0) is 8.27. The van der Waals surface area contributed by atoms with Crippen molar-refractivity contribution in [1.29, 1.82) is 0 Å². The molecule has 0 spiro atoms. The molecule has 1 aromatic heterocycles. The molecule has 0 amide bonds. The molecule has 2 nitrogen and oxygen atoms in total. The van der Waals surface area contributed by atoms with Crippen molar-refractivity contribution in [2.45, 2.75) is 13.5 Å². The number of aryl methyl sites for hydroxylation is 1. The highest BCUT2D eigenvalue weighted by Crippen LogP contribution is 2.09. The highest BCUT2D eigenvalue weighted by molar-refractivity contribution is 5.37. The van der Waals surface area contributed by atoms with Crippen molar-refractivity contribution >= 4 is 0 Å². The van der Waals surface area contributed by atoms with Gasteiger partial charge in [-0.3, -0.25) is 0 Å². The fourth-order valence-electron chi connectivity index (χ4n) is 0.913. The SMILES string of the molecule is C#Cc1nccc(C)c1CO. The van der Waals surface area contributed by atoms with Crippen LogP contribution in [0.1, 0.15) is 16.8 Å². The maximum Gasteiger partial charge on any atom is 0.118 e. The molecule has 0 saturated heterocycles. The van der Waals surface area contributed by atoms with Gasteiger partial charge in [0.2, 0.25) is 0 Å². The number of hydrogen-bond acceptors (Lipinski definition) is 2. The third-order valence-corrected chi connectivity index (χ3v) is 1.58. The van der Waals surface area contributed by atoms with Gasteiger partial charge in [0.15, 0.2) is 0 Å². The van der Waals surface area contributed by atoms with Crippen LogP contribution in [0, 0.1) is 19.3 Å². The Morgan fingerprint density at radius 1 is 1.73 bits per heavy atom. The van der Waals surface area contributed by atoms with Gasteiger partial charge in [0.1, 0.15) is 5.69 Å². The number of hydrogen-bond donors (Lipinski definition) is 1. The standard InChI is InChI=1S/C9H9NO/c1-3-9-8(6-11)7(2)4-5-10-9/h1,4-5,11H,6H2,2H3. The van der Waals surface area contributed by atoms with Crippen molar-refractivity contribution in [3.05, 3.63) is 29.1 Å². The summed E-state index contributed by atoms with van der Waals surface area (Å²) >= 11 is 0. The molecule has 56 valence electrons. The van der Waals surface area contributed by atoms with Crippen molar-refractivity contribution < 1.29 is 5.11 Å². The molecular formula is C9H9NO. The summed E-state index contributed by atoms with van der Waals surface area (Å²) in [5.41, 5.74) is 2.26. The maximum absolute atomic E-state index is 8.89. The van der Waals surface area contributed by atoms with E-state index in [4.69, 9.17) is 11.5 Å². The monoisotopic (exact) mass is 147 g/mol. The van der Waals surface area contributed by atoms with Crippen LogP contribution in [0.15, 0.2) is 12.3 Å². The van der Waals surface area contributed by atoms with Gasteiger partial charge in [-0.2, -0.15) is 0 Å². The minimum atomic E-state index is -0.0425. The van der Waals surface area contributed by atoms with Gasteiger partial charge in [-0.1, -0.05) is 0 Å². The third kappa shape index (κ3) is 1.39. The summed E-state index contributed by atoms with van der Waals surface area (Å²) in [4.78, 5) is 3.93. The average molecular weight is 147 g/mol. The summed E-state index contributed by atoms with van der Waals surface area (Å²) in [5, 5.41) is 8.89. The van der Waals surface area contributed by atoms with E-state index in [1.165, 1.54) is 0 Å². The van der Waals surface area contributed by atoms with E-state index < -0.39 is 0 Å². The van der Waals surface area contributed by atoms with Gasteiger partial charge in [0.25, 0.3) is 0 Å². The molecule has 0 fully saturated rings. The molecule has 1 N–H and O–H groups in total. The van der Waals surface area contributed by atoms with Gasteiger partial charge in [0, 0.05) is 11.8 Å². The largest absolute Gasteiger partial charge is 0.392 e. The zero-order valence-electron chi connectivity index (χ0n) is 6.33. The predicted octanol–water partition coefficient (Wildman–Crippen LogP) is 0.864. The minimum absolute atomic E-state index is 0.0425. The molecule has 0 aliphatic carbocycles. The van der Waals surface area contributed by atoms with E-state index in [1.807, 2.05) is 13.0 Å². The summed E-state index contributed by atoms with van der Waals surface area (Å²) < 4.78 is 0. The van der Waals surface area contributed by atoms with Crippen molar-refractivity contribution in [1.82, 2.24) is 4.98 Å². The van der Waals surface area contributed by atoms with E-state index in [0.29, 0.717) is 5.69 Å². The molecule has 11 heavy (non-hydrogen) atoms. The van der Waals surface area contributed by atoms with Crippen molar-refractivity contribution in [2.24, 2.45) is 0 Å². The van der Waals surface area contributed by atoms with Crippen LogP contribution in [-0.2, 0) is 6.61 Å². The normalized spacial score (nSPS) is 9.18. The molecule has 1 rings (SSSR count). The van der Waals surface area contributed by atoms with E-state index in [-0.39, 0.29) is 6.61 Å². The Kier molecular flexibility index (Phi) is 2.25. The Hall–Kier alpha value is -1.33. The third-order valence-electron chi connectivity index (χ3n) is 1.58. The lowest BCUT2D eigenvalue weighted by atomic mass is 10.1. The second kappa shape index (κ2) is 3.18. The van der Waals surface area contributed by atoms with Gasteiger partial charge in [-0.15, -0.1) is 6.42 Å². The number of nitrogens with zero attached hydrogens (tertiary/aromatic N) is 1. The topological polar surface area (TPSA) is 33.1 Å². The fourth-order valence-corrected chi connectivity index (χ4v) is 0.913. The van der Waals surface area contributed by atoms with Crippen LogP contribution >= 0.6 is 0 Å². The number of terminal acetylenes is 1. The quantitative estimate of drug-likeness (QED) is 0.598. The van der Waals surface area contributed by atoms with Gasteiger partial charge in [-0.25, -0.2) is 4.98 Å². The highest BCUT2D eigenvalue weighted by atomic mass is 16.3. The first-order valence-corrected chi connectivity index (χ1v) is 3.31. The molecule has 1 aromatic rings. The van der Waals surface area contributed by atoms with Crippen LogP contribution in [-0.4, -0.2) is 10.1 Å². The lowest BCUT2D eigenvalue weighted by Gasteiger charge is -2.02. The van der Waals surface area contributed by atoms with E-state index >= 15 is 0 Å². The van der Waals surface area contributed by atoms with Gasteiger partial charge in [-0.05, 0) is 24.5 Å². The number of rotatable bonds is 1. The van der Waals surface area contributed by atoms with Gasteiger partial charge in [0.05, 0.1) is 6.61 Å². The average Bonchev–Trinajstić information content (AvgIpc) is 2.04. The molecule has 0 atom stereocenters. The molecule has 0 bridgehead atoms. The van der Waals surface area contributed by atoms with E-state index in [9.17, 15) is 0 Å². The van der Waals surface area contributed by atoms with Crippen molar-refractivity contribution in [2.75, 3.05) is 0 Å². The molecule has 0 saturated carbocycles. The number of aromatic nitrogens is 1. The first-order chi connectivity index (χ1) is 5.29. The van der Waals surface area contributed by atoms with E-state index in [0.717, 1.165) is 11.1 Å². The lowest BCUT2D eigenvalue weighted by molar-refractivity contribution is 0.280. The number of aliphatic hydroxyl groups excluding tert-OH is 1. The zero-order valence-corrected chi connectivity index (χ0v) is 6.33. The second-order valence-corrected chi connectivity index (χ2v) is 2.26. The smallest absolute Gasteiger partial charge is 0.118 e. The summed E-state index contributed by atoms with van der Waals surface area (Å²) in [6, 6.07) is 1.83. The van der Waals surface area contributed by atoms with Crippen LogP contribution in [0.5, 0.6) is 0 Å². The minimum Gasteiger partial charge on any atom is -0.392 e. The van der Waals surface area contributed by atoms with Gasteiger partial charge < -0.3 is 5.11 Å². The summed E-state index contributed by atoms with van der Waals surface area (Å²) in [6.07, 6.45) is 6.81. The predicted molar refractivity (Wildman–Crippen MR) is 42.8 cm³/mol. The first kappa shape index (κ1) is 7.77. The van der Waals surface area contributed by atoms with Crippen molar-refractivity contribution in [3.63, 3.8) is 0 Å². The first-order valence-electron chi connectivity index (χ1n) is 3.31. The molecule has 0 radical (unpaired) electrons. The Labute approximate surface area is 65.9 Å². The summed E-state index contributed by atoms with van der Waals surface area (Å²) in [5.74, 6) is 2.42. The number of pyridine rings is 1. The Morgan fingerprint density at radius 3 is 2.91 bits per heavy atom. The van der Waals surface area contributed by atoms with Crippen LogP contribution < -0.4 is 0 Å². The second-order valence-electron chi connectivity index (χ2n) is 2.26. The molecule has 0 aromatic carbocycles. The van der Waals surface area contributed by atoms with Crippen LogP contribution in [0.4, 0.5) is 0 Å². The maximum atomic E-state index is 8.89. The summed E-state index contributed by atoms with van der Waals surface area (Å²) in [7, 11) is 0. The fraction of sp³-hybridized carbons (Fsp3) is 0.222. The Bertz CT molecular complexity index is 299. The highest BCUT2D eigenvalue weighted by Gasteiger charge is 2.01. The molecule has 0 aliphatic rings. The van der Waals surface area contributed by atoms with Crippen LogP contribution in [0.3, 0.4) is 0 Å². The Morgan fingerprint density at radius 2 is 2.45 bits per heavy atom. The molecule has 0 unspecified atom stereocenters. The Balaban J connectivity index is 3.27. The lowest BCUT2D eigenvalue weighted by Crippen LogP contribution is -1.95. The van der Waals surface area contributed by atoms with E-state index in [1.54, 1.807) is 6.20 Å². The van der Waals surface area contributed by atoms with Crippen LogP contribution in [0.2, 0.25) is 0 Å². The molecular weight excluding hydrogens is 138 g/mol. The van der Waals surface area contributed by atoms with Gasteiger partial charge >= 0.3 is 0 Å². The van der Waals surface area contributed by atoms with Crippen LogP contribution in [0.25, 0.3) is 0 Å².